The maximum atomic E-state index is 12.7. The molecule has 1 unspecified atom stereocenters. The lowest BCUT2D eigenvalue weighted by atomic mass is 9.82. The molecule has 2 fully saturated rings. The van der Waals surface area contributed by atoms with E-state index in [1.807, 2.05) is 7.05 Å². The smallest absolute Gasteiger partial charge is 0.326 e. The highest BCUT2D eigenvalue weighted by Crippen LogP contribution is 2.32. The van der Waals surface area contributed by atoms with E-state index in [0.29, 0.717) is 19.4 Å². The van der Waals surface area contributed by atoms with Crippen molar-refractivity contribution in [3.8, 4) is 0 Å². The molecule has 1 saturated carbocycles. The van der Waals surface area contributed by atoms with Crippen molar-refractivity contribution in [2.75, 3.05) is 13.6 Å². The summed E-state index contributed by atoms with van der Waals surface area (Å²) in [5.41, 5.74) is 4.11. The molecule has 1 heterocycles. The number of nitrogens with zero attached hydrogens (tertiary/aromatic N) is 1. The lowest BCUT2D eigenvalue weighted by Crippen LogP contribution is -3.09. The number of benzene rings is 1. The molecule has 1 aliphatic carbocycles. The summed E-state index contributed by atoms with van der Waals surface area (Å²) in [5, 5.41) is 3.67. The van der Waals surface area contributed by atoms with Crippen LogP contribution in [0.1, 0.15) is 50.2 Å². The number of likely N-dealkylation sites (N-methyl/N-ethyl adjacent to an activating group) is 1. The number of carbonyl (C=O) groups is 3. The topological polar surface area (TPSA) is 82.9 Å². The number of quaternary nitrogens is 1. The largest absolute Gasteiger partial charge is 0.344 e. The van der Waals surface area contributed by atoms with E-state index in [1.54, 1.807) is 0 Å². The standard InChI is InChI=1S/C20H28N4O3/c1-3-15-7-9-16(10-8-15)13-23(2)14-17(25)22-24-18(26)20(21-19(24)27)11-5-4-6-12-20/h7-10H,3-6,11-14H2,1-2H3,(H,21,27)(H,22,25)/p+1. The number of amides is 4. The predicted molar refractivity (Wildman–Crippen MR) is 101 cm³/mol. The summed E-state index contributed by atoms with van der Waals surface area (Å²) in [5.74, 6) is -0.664. The van der Waals surface area contributed by atoms with Crippen molar-refractivity contribution < 1.29 is 19.3 Å². The fraction of sp³-hybridized carbons (Fsp3) is 0.550. The maximum absolute atomic E-state index is 12.7. The molecule has 1 spiro atoms. The molecular formula is C20H29N4O3+. The fourth-order valence-corrected chi connectivity index (χ4v) is 3.96. The Bertz CT molecular complexity index is 710. The Morgan fingerprint density at radius 1 is 1.15 bits per heavy atom. The van der Waals surface area contributed by atoms with Gasteiger partial charge >= 0.3 is 6.03 Å². The molecule has 0 bridgehead atoms. The van der Waals surface area contributed by atoms with E-state index in [2.05, 4.69) is 41.9 Å². The molecule has 27 heavy (non-hydrogen) atoms. The van der Waals surface area contributed by atoms with E-state index >= 15 is 0 Å². The van der Waals surface area contributed by atoms with Crippen molar-refractivity contribution >= 4 is 17.8 Å². The number of urea groups is 1. The van der Waals surface area contributed by atoms with Crippen LogP contribution in [0.4, 0.5) is 4.79 Å². The van der Waals surface area contributed by atoms with Gasteiger partial charge in [0.05, 0.1) is 7.05 Å². The van der Waals surface area contributed by atoms with E-state index in [9.17, 15) is 14.4 Å². The van der Waals surface area contributed by atoms with Crippen molar-refractivity contribution in [2.45, 2.75) is 57.5 Å². The SMILES string of the molecule is CCc1ccc(C[NH+](C)CC(=O)NN2C(=O)NC3(CCCCC3)C2=O)cc1. The molecule has 3 rings (SSSR count). The van der Waals surface area contributed by atoms with Gasteiger partial charge in [0.2, 0.25) is 0 Å². The van der Waals surface area contributed by atoms with E-state index in [0.717, 1.165) is 41.2 Å². The van der Waals surface area contributed by atoms with Crippen LogP contribution in [0.2, 0.25) is 0 Å². The van der Waals surface area contributed by atoms with E-state index < -0.39 is 11.6 Å². The quantitative estimate of drug-likeness (QED) is 0.637. The predicted octanol–water partition coefficient (Wildman–Crippen LogP) is 0.550. The van der Waals surface area contributed by atoms with Crippen molar-refractivity contribution in [3.05, 3.63) is 35.4 Å². The minimum atomic E-state index is -0.817. The second kappa shape index (κ2) is 8.08. The van der Waals surface area contributed by atoms with Crippen molar-refractivity contribution in [3.63, 3.8) is 0 Å². The first-order chi connectivity index (χ1) is 12.9. The minimum absolute atomic E-state index is 0.180. The van der Waals surface area contributed by atoms with Gasteiger partial charge in [-0.3, -0.25) is 15.0 Å². The number of imide groups is 1. The summed E-state index contributed by atoms with van der Waals surface area (Å²) in [7, 11) is 1.92. The second-order valence-corrected chi connectivity index (χ2v) is 7.73. The number of hydrogen-bond donors (Lipinski definition) is 3. The van der Waals surface area contributed by atoms with Crippen LogP contribution in [0.15, 0.2) is 24.3 Å². The lowest BCUT2D eigenvalue weighted by Gasteiger charge is -2.30. The minimum Gasteiger partial charge on any atom is -0.326 e. The molecule has 3 N–H and O–H groups in total. The molecule has 7 heteroatoms. The van der Waals surface area contributed by atoms with Crippen molar-refractivity contribution in [1.82, 2.24) is 15.8 Å². The van der Waals surface area contributed by atoms with Gasteiger partial charge in [0.25, 0.3) is 11.8 Å². The molecular weight excluding hydrogens is 344 g/mol. The van der Waals surface area contributed by atoms with Crippen LogP contribution in [-0.2, 0) is 22.6 Å². The van der Waals surface area contributed by atoms with Gasteiger partial charge in [0.15, 0.2) is 6.54 Å². The Labute approximate surface area is 160 Å². The Hall–Kier alpha value is -2.41. The third-order valence-electron chi connectivity index (χ3n) is 5.50. The van der Waals surface area contributed by atoms with Crippen molar-refractivity contribution in [2.24, 2.45) is 0 Å². The molecule has 7 nitrogen and oxygen atoms in total. The van der Waals surface area contributed by atoms with Gasteiger partial charge in [-0.1, -0.05) is 50.5 Å². The van der Waals surface area contributed by atoms with Crippen LogP contribution in [0.5, 0.6) is 0 Å². The van der Waals surface area contributed by atoms with E-state index in [-0.39, 0.29) is 18.4 Å². The molecule has 2 aliphatic rings. The fourth-order valence-electron chi connectivity index (χ4n) is 3.96. The Morgan fingerprint density at radius 2 is 1.78 bits per heavy atom. The Kier molecular flexibility index (Phi) is 5.79. The van der Waals surface area contributed by atoms with Crippen LogP contribution in [-0.4, -0.2) is 42.0 Å². The van der Waals surface area contributed by atoms with E-state index in [4.69, 9.17) is 0 Å². The summed E-state index contributed by atoms with van der Waals surface area (Å²) in [6.07, 6.45) is 5.18. The zero-order chi connectivity index (χ0) is 19.4. The van der Waals surface area contributed by atoms with Crippen LogP contribution in [0.3, 0.4) is 0 Å². The first-order valence-electron chi connectivity index (χ1n) is 9.79. The van der Waals surface area contributed by atoms with Crippen LogP contribution < -0.4 is 15.6 Å². The third kappa shape index (κ3) is 4.30. The summed E-state index contributed by atoms with van der Waals surface area (Å²) >= 11 is 0. The Morgan fingerprint density at radius 3 is 2.41 bits per heavy atom. The van der Waals surface area contributed by atoms with Gasteiger partial charge < -0.3 is 10.2 Å². The molecule has 4 amide bonds. The van der Waals surface area contributed by atoms with E-state index in [1.165, 1.54) is 5.56 Å². The van der Waals surface area contributed by atoms with Gasteiger partial charge in [0, 0.05) is 5.56 Å². The van der Waals surface area contributed by atoms with Crippen LogP contribution >= 0.6 is 0 Å². The number of carbonyl (C=O) groups excluding carboxylic acids is 3. The number of rotatable bonds is 6. The number of hydrazine groups is 1. The molecule has 1 atom stereocenters. The maximum Gasteiger partial charge on any atom is 0.344 e. The van der Waals surface area contributed by atoms with Gasteiger partial charge in [-0.25, -0.2) is 4.79 Å². The number of nitrogens with one attached hydrogen (secondary N) is 3. The average molecular weight is 373 g/mol. The third-order valence-corrected chi connectivity index (χ3v) is 5.50. The van der Waals surface area contributed by atoms with Crippen molar-refractivity contribution in [1.29, 1.82) is 0 Å². The molecule has 1 aromatic rings. The second-order valence-electron chi connectivity index (χ2n) is 7.73. The first kappa shape index (κ1) is 19.4. The van der Waals surface area contributed by atoms with Gasteiger partial charge in [-0.2, -0.15) is 5.01 Å². The highest BCUT2D eigenvalue weighted by atomic mass is 16.2. The zero-order valence-corrected chi connectivity index (χ0v) is 16.1. The van der Waals surface area contributed by atoms with Gasteiger partial charge in [-0.05, 0) is 24.8 Å². The summed E-state index contributed by atoms with van der Waals surface area (Å²) in [6.45, 7) is 2.99. The molecule has 146 valence electrons. The first-order valence-corrected chi connectivity index (χ1v) is 9.79. The molecule has 1 saturated heterocycles. The highest BCUT2D eigenvalue weighted by Gasteiger charge is 2.52. The van der Waals surface area contributed by atoms with Crippen LogP contribution in [0.25, 0.3) is 0 Å². The summed E-state index contributed by atoms with van der Waals surface area (Å²) in [4.78, 5) is 38.2. The number of aryl methyl sites for hydroxylation is 1. The molecule has 1 aromatic carbocycles. The highest BCUT2D eigenvalue weighted by molar-refractivity contribution is 6.08. The lowest BCUT2D eigenvalue weighted by molar-refractivity contribution is -0.885. The Balaban J connectivity index is 1.53. The zero-order valence-electron chi connectivity index (χ0n) is 16.1. The van der Waals surface area contributed by atoms with Gasteiger partial charge in [0.1, 0.15) is 12.1 Å². The molecule has 1 aliphatic heterocycles. The molecule has 0 radical (unpaired) electrons. The number of hydrogen-bond acceptors (Lipinski definition) is 3. The normalized spacial score (nSPS) is 19.9. The average Bonchev–Trinajstić information content (AvgIpc) is 2.87. The van der Waals surface area contributed by atoms with Crippen LogP contribution in [0, 0.1) is 0 Å². The van der Waals surface area contributed by atoms with Gasteiger partial charge in [-0.15, -0.1) is 0 Å². The monoisotopic (exact) mass is 373 g/mol. The summed E-state index contributed by atoms with van der Waals surface area (Å²) in [6, 6.07) is 7.82. The summed E-state index contributed by atoms with van der Waals surface area (Å²) < 4.78 is 0. The molecule has 0 aromatic heterocycles.